The Labute approximate surface area is 92.5 Å². The highest BCUT2D eigenvalue weighted by molar-refractivity contribution is 5.80. The van der Waals surface area contributed by atoms with Crippen molar-refractivity contribution in [1.82, 2.24) is 9.78 Å². The van der Waals surface area contributed by atoms with Gasteiger partial charge in [-0.05, 0) is 18.1 Å². The molecule has 16 heavy (non-hydrogen) atoms. The smallest absolute Gasteiger partial charge is 0.267 e. The molecule has 0 fully saturated rings. The van der Waals surface area contributed by atoms with Gasteiger partial charge in [-0.15, -0.1) is 0 Å². The highest BCUT2D eigenvalue weighted by Crippen LogP contribution is 2.03. The Kier molecular flexibility index (Phi) is 2.64. The van der Waals surface area contributed by atoms with Crippen LogP contribution in [0.25, 0.3) is 10.8 Å². The molecule has 1 N–H and O–H groups in total. The first-order valence-electron chi connectivity index (χ1n) is 5.31. The van der Waals surface area contributed by atoms with E-state index in [1.54, 1.807) is 24.3 Å². The van der Waals surface area contributed by atoms with Crippen LogP contribution in [0.1, 0.15) is 13.8 Å². The van der Waals surface area contributed by atoms with E-state index in [-0.39, 0.29) is 11.1 Å². The van der Waals surface area contributed by atoms with Crippen molar-refractivity contribution in [2.45, 2.75) is 20.4 Å². The van der Waals surface area contributed by atoms with Crippen molar-refractivity contribution < 1.29 is 0 Å². The Bertz CT molecular complexity index is 623. The molecule has 0 aliphatic heterocycles. The zero-order chi connectivity index (χ0) is 11.7. The van der Waals surface area contributed by atoms with Gasteiger partial charge in [-0.2, -0.15) is 0 Å². The fourth-order valence-electron chi connectivity index (χ4n) is 1.74. The molecular weight excluding hydrogens is 204 g/mol. The SMILES string of the molecule is CC(C)Cn1[nH]c(=O)c2ccccc2c1=O. The van der Waals surface area contributed by atoms with Gasteiger partial charge >= 0.3 is 0 Å². The van der Waals surface area contributed by atoms with E-state index in [9.17, 15) is 9.59 Å². The highest BCUT2D eigenvalue weighted by Gasteiger charge is 2.06. The third-order valence-corrected chi connectivity index (χ3v) is 2.43. The maximum absolute atomic E-state index is 12.0. The third kappa shape index (κ3) is 1.78. The summed E-state index contributed by atoms with van der Waals surface area (Å²) in [5.74, 6) is 0.314. The fourth-order valence-corrected chi connectivity index (χ4v) is 1.74. The lowest BCUT2D eigenvalue weighted by molar-refractivity contribution is 0.463. The van der Waals surface area contributed by atoms with Gasteiger partial charge in [0.25, 0.3) is 11.1 Å². The van der Waals surface area contributed by atoms with Crippen LogP contribution < -0.4 is 11.1 Å². The number of nitrogens with one attached hydrogen (secondary N) is 1. The van der Waals surface area contributed by atoms with Crippen LogP contribution >= 0.6 is 0 Å². The molecule has 4 heteroatoms. The fraction of sp³-hybridized carbons (Fsp3) is 0.333. The van der Waals surface area contributed by atoms with Crippen LogP contribution in [0.15, 0.2) is 33.9 Å². The van der Waals surface area contributed by atoms with E-state index in [0.29, 0.717) is 23.2 Å². The van der Waals surface area contributed by atoms with E-state index in [2.05, 4.69) is 5.10 Å². The van der Waals surface area contributed by atoms with Crippen molar-refractivity contribution in [2.75, 3.05) is 0 Å². The lowest BCUT2D eigenvalue weighted by Crippen LogP contribution is -2.31. The molecule has 0 aliphatic carbocycles. The average molecular weight is 218 g/mol. The molecule has 4 nitrogen and oxygen atoms in total. The lowest BCUT2D eigenvalue weighted by atomic mass is 10.2. The molecule has 0 spiro atoms. The Balaban J connectivity index is 2.76. The van der Waals surface area contributed by atoms with Crippen molar-refractivity contribution in [3.63, 3.8) is 0 Å². The molecule has 0 saturated heterocycles. The van der Waals surface area contributed by atoms with Gasteiger partial charge in [0.1, 0.15) is 0 Å². The van der Waals surface area contributed by atoms with E-state index in [0.717, 1.165) is 0 Å². The van der Waals surface area contributed by atoms with Gasteiger partial charge in [-0.25, -0.2) is 4.68 Å². The molecule has 1 aromatic carbocycles. The van der Waals surface area contributed by atoms with Gasteiger partial charge in [0, 0.05) is 6.54 Å². The summed E-state index contributed by atoms with van der Waals surface area (Å²) in [7, 11) is 0. The Morgan fingerprint density at radius 2 is 1.81 bits per heavy atom. The first-order chi connectivity index (χ1) is 7.59. The standard InChI is InChI=1S/C12H14N2O2/c1-8(2)7-14-12(16)10-6-4-3-5-9(10)11(15)13-14/h3-6,8H,7H2,1-2H3,(H,13,15). The Morgan fingerprint density at radius 1 is 1.19 bits per heavy atom. The second-order valence-electron chi connectivity index (χ2n) is 4.30. The molecule has 0 bridgehead atoms. The van der Waals surface area contributed by atoms with Crippen LogP contribution in [-0.2, 0) is 6.54 Å². The molecule has 2 rings (SSSR count). The van der Waals surface area contributed by atoms with Gasteiger partial charge in [0.15, 0.2) is 0 Å². The number of aromatic nitrogens is 2. The van der Waals surface area contributed by atoms with Gasteiger partial charge in [0.2, 0.25) is 0 Å². The molecule has 0 saturated carbocycles. The van der Waals surface area contributed by atoms with E-state index in [1.807, 2.05) is 13.8 Å². The number of nitrogens with zero attached hydrogens (tertiary/aromatic N) is 1. The number of hydrogen-bond donors (Lipinski definition) is 1. The molecular formula is C12H14N2O2. The van der Waals surface area contributed by atoms with Gasteiger partial charge < -0.3 is 0 Å². The van der Waals surface area contributed by atoms with E-state index in [4.69, 9.17) is 0 Å². The summed E-state index contributed by atoms with van der Waals surface area (Å²) in [6.45, 7) is 4.53. The number of fused-ring (bicyclic) bond motifs is 1. The summed E-state index contributed by atoms with van der Waals surface area (Å²) in [6.07, 6.45) is 0. The zero-order valence-electron chi connectivity index (χ0n) is 9.36. The first kappa shape index (κ1) is 10.7. The quantitative estimate of drug-likeness (QED) is 0.827. The predicted molar refractivity (Wildman–Crippen MR) is 63.7 cm³/mol. The van der Waals surface area contributed by atoms with E-state index in [1.165, 1.54) is 4.68 Å². The summed E-state index contributed by atoms with van der Waals surface area (Å²) in [4.78, 5) is 23.7. The topological polar surface area (TPSA) is 54.9 Å². The molecule has 0 aliphatic rings. The monoisotopic (exact) mass is 218 g/mol. The van der Waals surface area contributed by atoms with Crippen molar-refractivity contribution >= 4 is 10.8 Å². The second-order valence-corrected chi connectivity index (χ2v) is 4.30. The average Bonchev–Trinajstić information content (AvgIpc) is 2.25. The summed E-state index contributed by atoms with van der Waals surface area (Å²) < 4.78 is 1.38. The molecule has 0 atom stereocenters. The summed E-state index contributed by atoms with van der Waals surface area (Å²) >= 11 is 0. The highest BCUT2D eigenvalue weighted by atomic mass is 16.2. The van der Waals surface area contributed by atoms with Crippen LogP contribution in [0.5, 0.6) is 0 Å². The Hall–Kier alpha value is -1.84. The molecule has 84 valence electrons. The largest absolute Gasteiger partial charge is 0.273 e. The van der Waals surface area contributed by atoms with E-state index < -0.39 is 0 Å². The number of benzene rings is 1. The van der Waals surface area contributed by atoms with Crippen LogP contribution in [0.3, 0.4) is 0 Å². The third-order valence-electron chi connectivity index (χ3n) is 2.43. The van der Waals surface area contributed by atoms with Gasteiger partial charge in [0.05, 0.1) is 10.8 Å². The van der Waals surface area contributed by atoms with Crippen LogP contribution in [0.4, 0.5) is 0 Å². The van der Waals surface area contributed by atoms with Crippen LogP contribution in [0.2, 0.25) is 0 Å². The number of rotatable bonds is 2. The van der Waals surface area contributed by atoms with Crippen molar-refractivity contribution in [3.05, 3.63) is 45.0 Å². The van der Waals surface area contributed by atoms with Crippen LogP contribution in [0, 0.1) is 5.92 Å². The summed E-state index contributed by atoms with van der Waals surface area (Å²) in [5.41, 5.74) is -0.347. The molecule has 0 radical (unpaired) electrons. The molecule has 0 unspecified atom stereocenters. The van der Waals surface area contributed by atoms with Crippen molar-refractivity contribution in [3.8, 4) is 0 Å². The maximum Gasteiger partial charge on any atom is 0.273 e. The molecule has 0 amide bonds. The summed E-state index contributed by atoms with van der Waals surface area (Å²) in [5, 5.41) is 3.53. The zero-order valence-corrected chi connectivity index (χ0v) is 9.36. The minimum absolute atomic E-state index is 0.135. The number of aromatic amines is 1. The number of hydrogen-bond acceptors (Lipinski definition) is 2. The second kappa shape index (κ2) is 3.96. The van der Waals surface area contributed by atoms with Gasteiger partial charge in [-0.3, -0.25) is 14.7 Å². The van der Waals surface area contributed by atoms with E-state index >= 15 is 0 Å². The van der Waals surface area contributed by atoms with Crippen molar-refractivity contribution in [1.29, 1.82) is 0 Å². The summed E-state index contributed by atoms with van der Waals surface area (Å²) in [6, 6.07) is 6.87. The predicted octanol–water partition coefficient (Wildman–Crippen LogP) is 1.35. The lowest BCUT2D eigenvalue weighted by Gasteiger charge is -2.08. The minimum atomic E-state index is -0.212. The molecule has 1 heterocycles. The maximum atomic E-state index is 12.0. The van der Waals surface area contributed by atoms with Gasteiger partial charge in [-0.1, -0.05) is 26.0 Å². The molecule has 2 aromatic rings. The normalized spacial score (nSPS) is 11.2. The Morgan fingerprint density at radius 3 is 2.44 bits per heavy atom. The first-order valence-corrected chi connectivity index (χ1v) is 5.31. The number of H-pyrrole nitrogens is 1. The molecule has 1 aromatic heterocycles. The minimum Gasteiger partial charge on any atom is -0.267 e. The van der Waals surface area contributed by atoms with Crippen LogP contribution in [-0.4, -0.2) is 9.78 Å². The van der Waals surface area contributed by atoms with Crippen molar-refractivity contribution in [2.24, 2.45) is 5.92 Å².